The van der Waals surface area contributed by atoms with E-state index in [4.69, 9.17) is 11.5 Å². The summed E-state index contributed by atoms with van der Waals surface area (Å²) in [5.41, 5.74) is 14.1. The van der Waals surface area contributed by atoms with Gasteiger partial charge in [-0.05, 0) is 36.1 Å². The van der Waals surface area contributed by atoms with Crippen molar-refractivity contribution in [3.63, 3.8) is 0 Å². The summed E-state index contributed by atoms with van der Waals surface area (Å²) in [7, 11) is 0. The van der Waals surface area contributed by atoms with Gasteiger partial charge >= 0.3 is 5.97 Å². The molecule has 1 amide bonds. The third-order valence-electron chi connectivity index (χ3n) is 5.29. The van der Waals surface area contributed by atoms with E-state index in [9.17, 15) is 19.5 Å². The van der Waals surface area contributed by atoms with Crippen LogP contribution in [-0.2, 0) is 16.1 Å². The van der Waals surface area contributed by atoms with Crippen LogP contribution in [0.25, 0.3) is 11.0 Å². The summed E-state index contributed by atoms with van der Waals surface area (Å²) in [6, 6.07) is 7.00. The number of amides is 1. The minimum absolute atomic E-state index is 0.0300. The number of fused-ring (bicyclic) bond motifs is 1. The summed E-state index contributed by atoms with van der Waals surface area (Å²) in [5.74, 6) is -1.27. The number of carboxylic acid groups (broad SMARTS) is 1. The highest BCUT2D eigenvalue weighted by Gasteiger charge is 2.23. The van der Waals surface area contributed by atoms with Crippen LogP contribution in [0.5, 0.6) is 0 Å². The van der Waals surface area contributed by atoms with Gasteiger partial charge in [0.05, 0.1) is 24.0 Å². The Labute approximate surface area is 208 Å². The molecule has 0 spiro atoms. The first kappa shape index (κ1) is 26.3. The first-order valence-electron chi connectivity index (χ1n) is 11.5. The first-order chi connectivity index (χ1) is 16.9. The van der Waals surface area contributed by atoms with E-state index in [2.05, 4.69) is 25.6 Å². The zero-order valence-electron chi connectivity index (χ0n) is 20.5. The summed E-state index contributed by atoms with van der Waals surface area (Å²) in [6.07, 6.45) is 2.08. The van der Waals surface area contributed by atoms with Gasteiger partial charge in [-0.3, -0.25) is 14.6 Å². The molecule has 11 heteroatoms. The zero-order chi connectivity index (χ0) is 26.5. The Hall–Kier alpha value is -4.28. The number of carboxylic acids is 1. The van der Waals surface area contributed by atoms with Crippen LogP contribution in [0.15, 0.2) is 36.5 Å². The Morgan fingerprint density at radius 1 is 1.08 bits per heavy atom. The Balaban J connectivity index is 1.57. The molecule has 7 N–H and O–H groups in total. The number of aromatic nitrogens is 3. The summed E-state index contributed by atoms with van der Waals surface area (Å²) in [5, 5.41) is 15.1. The molecule has 0 saturated heterocycles. The standard InChI is InChI=1S/C25H31N7O4/c1-25(2,3)11-17(33)8-9-18(24(35)36)31-23(34)14-4-6-15(7-5-14)28-12-16-13-29-19-10-20(26)32-22(27)21(19)30-16/h4-7,10,13,18,28H,8-9,11-12H2,1-3H3,(H,31,34)(H,35,36)(H4,26,27,32)/t18-/m0/s1. The van der Waals surface area contributed by atoms with Crippen LogP contribution in [0, 0.1) is 5.41 Å². The lowest BCUT2D eigenvalue weighted by molar-refractivity contribution is -0.139. The molecule has 0 unspecified atom stereocenters. The number of nitrogens with one attached hydrogen (secondary N) is 2. The van der Waals surface area contributed by atoms with Crippen molar-refractivity contribution in [2.24, 2.45) is 5.41 Å². The maximum absolute atomic E-state index is 12.6. The molecule has 0 aliphatic rings. The van der Waals surface area contributed by atoms with Crippen LogP contribution < -0.4 is 22.1 Å². The first-order valence-corrected chi connectivity index (χ1v) is 11.5. The number of anilines is 3. The summed E-state index contributed by atoms with van der Waals surface area (Å²) < 4.78 is 0. The van der Waals surface area contributed by atoms with E-state index in [1.54, 1.807) is 36.5 Å². The number of hydrogen-bond acceptors (Lipinski definition) is 9. The maximum Gasteiger partial charge on any atom is 0.326 e. The number of Topliss-reactive ketones (excluding diaryl/α,β-unsaturated/α-hetero) is 1. The van der Waals surface area contributed by atoms with Crippen molar-refractivity contribution in [2.45, 2.75) is 52.6 Å². The number of benzene rings is 1. The number of nitrogens with two attached hydrogens (primary N) is 2. The summed E-state index contributed by atoms with van der Waals surface area (Å²) in [4.78, 5) is 49.0. The molecule has 0 fully saturated rings. The minimum Gasteiger partial charge on any atom is -0.480 e. The molecular weight excluding hydrogens is 462 g/mol. The second-order valence-electron chi connectivity index (χ2n) is 9.77. The third kappa shape index (κ3) is 7.36. The molecule has 0 aliphatic heterocycles. The average molecular weight is 494 g/mol. The van der Waals surface area contributed by atoms with Gasteiger partial charge in [-0.25, -0.2) is 14.8 Å². The second-order valence-corrected chi connectivity index (χ2v) is 9.77. The monoisotopic (exact) mass is 493 g/mol. The van der Waals surface area contributed by atoms with Crippen LogP contribution in [0.2, 0.25) is 0 Å². The van der Waals surface area contributed by atoms with Crippen molar-refractivity contribution in [1.82, 2.24) is 20.3 Å². The lowest BCUT2D eigenvalue weighted by Gasteiger charge is -2.18. The molecule has 2 aromatic heterocycles. The highest BCUT2D eigenvalue weighted by atomic mass is 16.4. The summed E-state index contributed by atoms with van der Waals surface area (Å²) >= 11 is 0. The van der Waals surface area contributed by atoms with Crippen molar-refractivity contribution in [1.29, 1.82) is 0 Å². The molecule has 190 valence electrons. The predicted octanol–water partition coefficient (Wildman–Crippen LogP) is 2.77. The van der Waals surface area contributed by atoms with Crippen molar-refractivity contribution in [3.05, 3.63) is 47.8 Å². The van der Waals surface area contributed by atoms with Gasteiger partial charge in [-0.15, -0.1) is 0 Å². The Bertz CT molecular complexity index is 1270. The number of carbonyl (C=O) groups excluding carboxylic acids is 2. The molecule has 1 atom stereocenters. The normalized spacial score (nSPS) is 12.2. The van der Waals surface area contributed by atoms with E-state index >= 15 is 0 Å². The van der Waals surface area contributed by atoms with Gasteiger partial charge in [-0.1, -0.05) is 20.8 Å². The highest BCUT2D eigenvalue weighted by molar-refractivity contribution is 5.97. The fourth-order valence-electron chi connectivity index (χ4n) is 3.59. The van der Waals surface area contributed by atoms with Crippen molar-refractivity contribution in [2.75, 3.05) is 16.8 Å². The summed E-state index contributed by atoms with van der Waals surface area (Å²) in [6.45, 7) is 6.18. The minimum atomic E-state index is -1.18. The lowest BCUT2D eigenvalue weighted by atomic mass is 9.88. The number of ketones is 1. The topological polar surface area (TPSA) is 186 Å². The van der Waals surface area contributed by atoms with Gasteiger partial charge in [0.15, 0.2) is 5.82 Å². The van der Waals surface area contributed by atoms with E-state index in [0.29, 0.717) is 35.3 Å². The maximum atomic E-state index is 12.6. The van der Waals surface area contributed by atoms with Crippen LogP contribution >= 0.6 is 0 Å². The number of rotatable bonds is 10. The van der Waals surface area contributed by atoms with Crippen molar-refractivity contribution in [3.8, 4) is 0 Å². The van der Waals surface area contributed by atoms with Gasteiger partial charge in [0.25, 0.3) is 5.91 Å². The molecule has 1 aromatic carbocycles. The number of carbonyl (C=O) groups is 3. The van der Waals surface area contributed by atoms with Gasteiger partial charge in [0.2, 0.25) is 0 Å². The van der Waals surface area contributed by atoms with E-state index in [1.165, 1.54) is 0 Å². The zero-order valence-corrected chi connectivity index (χ0v) is 20.5. The Morgan fingerprint density at radius 2 is 1.78 bits per heavy atom. The fourth-order valence-corrected chi connectivity index (χ4v) is 3.59. The predicted molar refractivity (Wildman–Crippen MR) is 137 cm³/mol. The largest absolute Gasteiger partial charge is 0.480 e. The molecule has 0 aliphatic carbocycles. The molecule has 36 heavy (non-hydrogen) atoms. The molecule has 3 rings (SSSR count). The number of nitrogen functional groups attached to an aromatic ring is 2. The lowest BCUT2D eigenvalue weighted by Crippen LogP contribution is -2.41. The number of nitrogens with zero attached hydrogens (tertiary/aromatic N) is 3. The molecule has 0 bridgehead atoms. The van der Waals surface area contributed by atoms with E-state index in [0.717, 1.165) is 5.69 Å². The number of pyridine rings is 1. The van der Waals surface area contributed by atoms with E-state index in [1.807, 2.05) is 20.8 Å². The molecule has 0 saturated carbocycles. The van der Waals surface area contributed by atoms with Crippen molar-refractivity contribution < 1.29 is 19.5 Å². The second kappa shape index (κ2) is 11.0. The van der Waals surface area contributed by atoms with Gasteiger partial charge in [0, 0.05) is 30.2 Å². The highest BCUT2D eigenvalue weighted by Crippen LogP contribution is 2.21. The number of hydrogen-bond donors (Lipinski definition) is 5. The Kier molecular flexibility index (Phi) is 8.03. The molecule has 11 nitrogen and oxygen atoms in total. The third-order valence-corrected chi connectivity index (χ3v) is 5.29. The molecule has 2 heterocycles. The number of aliphatic carboxylic acids is 1. The van der Waals surface area contributed by atoms with Crippen LogP contribution in [0.1, 0.15) is 56.1 Å². The molecule has 0 radical (unpaired) electrons. The van der Waals surface area contributed by atoms with Gasteiger partial charge in [0.1, 0.15) is 23.2 Å². The van der Waals surface area contributed by atoms with Gasteiger partial charge in [-0.2, -0.15) is 0 Å². The van der Waals surface area contributed by atoms with Crippen LogP contribution in [0.3, 0.4) is 0 Å². The Morgan fingerprint density at radius 3 is 2.42 bits per heavy atom. The van der Waals surface area contributed by atoms with Crippen LogP contribution in [0.4, 0.5) is 17.3 Å². The molecule has 3 aromatic rings. The smallest absolute Gasteiger partial charge is 0.326 e. The SMILES string of the molecule is CC(C)(C)CC(=O)CC[C@H](NC(=O)c1ccc(NCc2cnc3cc(N)nc(N)c3n2)cc1)C(=O)O. The van der Waals surface area contributed by atoms with E-state index < -0.39 is 17.9 Å². The average Bonchev–Trinajstić information content (AvgIpc) is 2.79. The fraction of sp³-hybridized carbons (Fsp3) is 0.360. The van der Waals surface area contributed by atoms with Crippen LogP contribution in [-0.4, -0.2) is 43.8 Å². The quantitative estimate of drug-likeness (QED) is 0.281. The van der Waals surface area contributed by atoms with Crippen molar-refractivity contribution >= 4 is 46.0 Å². The van der Waals surface area contributed by atoms with E-state index in [-0.39, 0.29) is 35.7 Å². The molecular formula is C25H31N7O4. The van der Waals surface area contributed by atoms with Gasteiger partial charge < -0.3 is 27.2 Å².